The molecule has 152 valence electrons. The Hall–Kier alpha value is -2.49. The van der Waals surface area contributed by atoms with Gasteiger partial charge in [0.15, 0.2) is 5.52 Å². The Bertz CT molecular complexity index is 1210. The summed E-state index contributed by atoms with van der Waals surface area (Å²) in [5, 5.41) is 8.58. The molecule has 8 nitrogen and oxygen atoms in total. The number of sulfonamides is 1. The maximum atomic E-state index is 11.6. The van der Waals surface area contributed by atoms with Gasteiger partial charge in [0.05, 0.1) is 10.4 Å². The predicted molar refractivity (Wildman–Crippen MR) is 110 cm³/mol. The van der Waals surface area contributed by atoms with Gasteiger partial charge in [-0.1, -0.05) is 11.6 Å². The highest BCUT2D eigenvalue weighted by molar-refractivity contribution is 7.89. The summed E-state index contributed by atoms with van der Waals surface area (Å²) >= 11 is 6.03. The number of aryl methyl sites for hydroxylation is 1. The SMILES string of the molecule is Cc1ccc2nc(NCc3cc(Cl)cc(S(N)(=O)=O)c3)nc(OC3(C)CC3)c2n1. The first-order chi connectivity index (χ1) is 13.6. The highest BCUT2D eigenvalue weighted by Crippen LogP contribution is 2.40. The second-order valence-electron chi connectivity index (χ2n) is 7.42. The summed E-state index contributed by atoms with van der Waals surface area (Å²) in [6.45, 7) is 4.19. The third kappa shape index (κ3) is 4.58. The minimum atomic E-state index is -3.86. The van der Waals surface area contributed by atoms with E-state index in [1.54, 1.807) is 6.07 Å². The Balaban J connectivity index is 1.65. The monoisotopic (exact) mass is 433 g/mol. The molecule has 0 spiro atoms. The lowest BCUT2D eigenvalue weighted by Crippen LogP contribution is -2.15. The summed E-state index contributed by atoms with van der Waals surface area (Å²) in [7, 11) is -3.86. The van der Waals surface area contributed by atoms with Gasteiger partial charge < -0.3 is 10.1 Å². The lowest BCUT2D eigenvalue weighted by molar-refractivity contribution is 0.194. The molecular weight excluding hydrogens is 414 g/mol. The number of nitrogens with one attached hydrogen (secondary N) is 1. The van der Waals surface area contributed by atoms with Crippen LogP contribution < -0.4 is 15.2 Å². The molecule has 0 aliphatic heterocycles. The number of nitrogens with zero attached hydrogens (tertiary/aromatic N) is 3. The lowest BCUT2D eigenvalue weighted by Gasteiger charge is -2.15. The Labute approximate surface area is 173 Å². The first-order valence-electron chi connectivity index (χ1n) is 9.02. The zero-order valence-electron chi connectivity index (χ0n) is 15.9. The van der Waals surface area contributed by atoms with Crippen molar-refractivity contribution in [3.8, 4) is 5.88 Å². The fraction of sp³-hybridized carbons (Fsp3) is 0.316. The molecular formula is C19H20ClN5O3S. The van der Waals surface area contributed by atoms with Crippen LogP contribution in [0.25, 0.3) is 11.0 Å². The van der Waals surface area contributed by atoms with E-state index in [4.69, 9.17) is 21.5 Å². The maximum absolute atomic E-state index is 11.6. The predicted octanol–water partition coefficient (Wildman–Crippen LogP) is 3.18. The number of benzene rings is 1. The first kappa shape index (κ1) is 19.8. The fourth-order valence-corrected chi connectivity index (χ4v) is 3.74. The maximum Gasteiger partial charge on any atom is 0.246 e. The van der Waals surface area contributed by atoms with Gasteiger partial charge in [-0.15, -0.1) is 0 Å². The van der Waals surface area contributed by atoms with Gasteiger partial charge in [0.25, 0.3) is 0 Å². The van der Waals surface area contributed by atoms with Crippen LogP contribution in [0.3, 0.4) is 0 Å². The minimum absolute atomic E-state index is 0.0495. The number of hydrogen-bond donors (Lipinski definition) is 2. The summed E-state index contributed by atoms with van der Waals surface area (Å²) in [5.74, 6) is 0.775. The number of aromatic nitrogens is 3. The van der Waals surface area contributed by atoms with Crippen LogP contribution in [0.15, 0.2) is 35.2 Å². The molecule has 1 aliphatic carbocycles. The van der Waals surface area contributed by atoms with Crippen molar-refractivity contribution in [3.05, 3.63) is 46.6 Å². The van der Waals surface area contributed by atoms with E-state index in [9.17, 15) is 8.42 Å². The molecule has 4 rings (SSSR count). The van der Waals surface area contributed by atoms with Crippen LogP contribution >= 0.6 is 11.6 Å². The highest BCUT2D eigenvalue weighted by atomic mass is 35.5. The average Bonchev–Trinajstić information content (AvgIpc) is 3.36. The molecule has 0 unspecified atom stereocenters. The summed E-state index contributed by atoms with van der Waals surface area (Å²) in [6, 6.07) is 8.16. The number of halogens is 1. The van der Waals surface area contributed by atoms with E-state index in [0.29, 0.717) is 28.4 Å². The number of fused-ring (bicyclic) bond motifs is 1. The number of nitrogens with two attached hydrogens (primary N) is 1. The standard InChI is InChI=1S/C19H20ClN5O3S/c1-11-3-4-15-16(23-11)17(28-19(2)5-6-19)25-18(24-15)22-10-12-7-13(20)9-14(8-12)29(21,26)27/h3-4,7-9H,5-6,10H2,1-2H3,(H2,21,26,27)(H,22,24,25). The van der Waals surface area contributed by atoms with Crippen LogP contribution in [-0.2, 0) is 16.6 Å². The second-order valence-corrected chi connectivity index (χ2v) is 9.42. The molecule has 0 saturated heterocycles. The van der Waals surface area contributed by atoms with Gasteiger partial charge in [0, 0.05) is 17.3 Å². The zero-order chi connectivity index (χ0) is 20.8. The van der Waals surface area contributed by atoms with E-state index < -0.39 is 10.0 Å². The Morgan fingerprint density at radius 1 is 1.21 bits per heavy atom. The Kier molecular flexibility index (Phi) is 4.84. The molecule has 0 amide bonds. The Morgan fingerprint density at radius 2 is 1.97 bits per heavy atom. The van der Waals surface area contributed by atoms with Gasteiger partial charge in [-0.05, 0) is 62.6 Å². The smallest absolute Gasteiger partial charge is 0.246 e. The van der Waals surface area contributed by atoms with Crippen LogP contribution in [0.5, 0.6) is 5.88 Å². The summed E-state index contributed by atoms with van der Waals surface area (Å²) < 4.78 is 29.3. The summed E-state index contributed by atoms with van der Waals surface area (Å²) in [6.07, 6.45) is 1.93. The van der Waals surface area contributed by atoms with Gasteiger partial charge in [0.2, 0.25) is 21.9 Å². The van der Waals surface area contributed by atoms with Crippen molar-refractivity contribution in [3.63, 3.8) is 0 Å². The number of hydrogen-bond acceptors (Lipinski definition) is 7. The van der Waals surface area contributed by atoms with E-state index in [1.165, 1.54) is 12.1 Å². The van der Waals surface area contributed by atoms with Crippen LogP contribution in [0.1, 0.15) is 31.0 Å². The first-order valence-corrected chi connectivity index (χ1v) is 10.9. The van der Waals surface area contributed by atoms with Crippen molar-refractivity contribution in [1.29, 1.82) is 0 Å². The van der Waals surface area contributed by atoms with Crippen molar-refractivity contribution in [2.45, 2.75) is 43.7 Å². The topological polar surface area (TPSA) is 120 Å². The fourth-order valence-electron chi connectivity index (χ4n) is 2.82. The van der Waals surface area contributed by atoms with Crippen molar-refractivity contribution in [1.82, 2.24) is 15.0 Å². The summed E-state index contributed by atoms with van der Waals surface area (Å²) in [5.41, 5.74) is 2.53. The third-order valence-electron chi connectivity index (χ3n) is 4.66. The molecule has 1 fully saturated rings. The molecule has 1 aromatic carbocycles. The molecule has 10 heteroatoms. The van der Waals surface area contributed by atoms with Gasteiger partial charge in [0.1, 0.15) is 5.60 Å². The van der Waals surface area contributed by atoms with Gasteiger partial charge in [-0.2, -0.15) is 4.98 Å². The minimum Gasteiger partial charge on any atom is -0.470 e. The van der Waals surface area contributed by atoms with Crippen molar-refractivity contribution >= 4 is 38.6 Å². The second kappa shape index (κ2) is 7.08. The van der Waals surface area contributed by atoms with E-state index in [1.807, 2.05) is 26.0 Å². The molecule has 1 saturated carbocycles. The molecule has 1 aliphatic rings. The number of ether oxygens (including phenoxy) is 1. The molecule has 29 heavy (non-hydrogen) atoms. The van der Waals surface area contributed by atoms with Crippen LogP contribution in [0.2, 0.25) is 5.02 Å². The molecule has 2 heterocycles. The average molecular weight is 434 g/mol. The number of rotatable bonds is 6. The zero-order valence-corrected chi connectivity index (χ0v) is 17.5. The molecule has 3 N–H and O–H groups in total. The van der Waals surface area contributed by atoms with E-state index >= 15 is 0 Å². The van der Waals surface area contributed by atoms with Crippen LogP contribution in [0.4, 0.5) is 5.95 Å². The molecule has 0 radical (unpaired) electrons. The molecule has 2 aromatic heterocycles. The van der Waals surface area contributed by atoms with Crippen molar-refractivity contribution in [2.24, 2.45) is 5.14 Å². The molecule has 3 aromatic rings. The van der Waals surface area contributed by atoms with Crippen LogP contribution in [0, 0.1) is 6.92 Å². The largest absolute Gasteiger partial charge is 0.470 e. The normalized spacial score (nSPS) is 15.3. The number of anilines is 1. The van der Waals surface area contributed by atoms with Crippen molar-refractivity contribution in [2.75, 3.05) is 5.32 Å². The molecule has 0 bridgehead atoms. The number of pyridine rings is 1. The van der Waals surface area contributed by atoms with Crippen LogP contribution in [-0.4, -0.2) is 29.0 Å². The number of primary sulfonamides is 1. The van der Waals surface area contributed by atoms with Crippen molar-refractivity contribution < 1.29 is 13.2 Å². The highest BCUT2D eigenvalue weighted by Gasteiger charge is 2.41. The van der Waals surface area contributed by atoms with Gasteiger partial charge in [-0.3, -0.25) is 0 Å². The van der Waals surface area contributed by atoms with E-state index in [0.717, 1.165) is 18.5 Å². The quantitative estimate of drug-likeness (QED) is 0.612. The summed E-state index contributed by atoms with van der Waals surface area (Å²) in [4.78, 5) is 13.5. The van der Waals surface area contributed by atoms with E-state index in [-0.39, 0.29) is 22.1 Å². The van der Waals surface area contributed by atoms with E-state index in [2.05, 4.69) is 20.3 Å². The lowest BCUT2D eigenvalue weighted by atomic mass is 10.2. The van der Waals surface area contributed by atoms with Gasteiger partial charge >= 0.3 is 0 Å². The molecule has 0 atom stereocenters. The van der Waals surface area contributed by atoms with Gasteiger partial charge in [-0.25, -0.2) is 23.5 Å². The Morgan fingerprint density at radius 3 is 2.66 bits per heavy atom. The third-order valence-corrected chi connectivity index (χ3v) is 5.77.